The van der Waals surface area contributed by atoms with Gasteiger partial charge < -0.3 is 9.32 Å². The number of rotatable bonds is 5. The number of fused-ring (bicyclic) bond motifs is 5. The standard InChI is InChI=1S/C40H27NO/c1-3-11-28(12-4-1)29-21-24-33(25-22-29)41(32-15-5-2-6-16-32)34-17-9-14-31(27-34)35-19-10-20-38-39(35)37-26-23-30-13-7-8-18-36(30)40(37)42-38/h1-27H. The number of para-hydroxylation sites is 1. The number of furan rings is 1. The van der Waals surface area contributed by atoms with Crippen molar-refractivity contribution in [1.82, 2.24) is 0 Å². The number of hydrogen-bond donors (Lipinski definition) is 0. The second-order valence-electron chi connectivity index (χ2n) is 10.6. The van der Waals surface area contributed by atoms with Crippen molar-refractivity contribution in [2.45, 2.75) is 0 Å². The van der Waals surface area contributed by atoms with Gasteiger partial charge in [0.2, 0.25) is 0 Å². The van der Waals surface area contributed by atoms with Gasteiger partial charge in [0, 0.05) is 33.2 Å². The molecule has 0 saturated heterocycles. The van der Waals surface area contributed by atoms with Crippen molar-refractivity contribution >= 4 is 49.8 Å². The summed E-state index contributed by atoms with van der Waals surface area (Å²) in [5.41, 5.74) is 9.89. The van der Waals surface area contributed by atoms with Gasteiger partial charge in [0.25, 0.3) is 0 Å². The van der Waals surface area contributed by atoms with E-state index in [1.54, 1.807) is 0 Å². The molecule has 0 bridgehead atoms. The molecule has 2 heteroatoms. The normalized spacial score (nSPS) is 11.3. The van der Waals surface area contributed by atoms with E-state index in [0.29, 0.717) is 0 Å². The van der Waals surface area contributed by atoms with Crippen LogP contribution in [0.1, 0.15) is 0 Å². The number of nitrogens with zero attached hydrogens (tertiary/aromatic N) is 1. The molecule has 0 atom stereocenters. The van der Waals surface area contributed by atoms with Gasteiger partial charge >= 0.3 is 0 Å². The van der Waals surface area contributed by atoms with Crippen LogP contribution in [0.15, 0.2) is 168 Å². The average molecular weight is 538 g/mol. The van der Waals surface area contributed by atoms with Crippen LogP contribution in [-0.2, 0) is 0 Å². The molecule has 198 valence electrons. The molecule has 2 nitrogen and oxygen atoms in total. The van der Waals surface area contributed by atoms with Gasteiger partial charge in [-0.3, -0.25) is 0 Å². The molecule has 0 fully saturated rings. The molecule has 1 heterocycles. The van der Waals surface area contributed by atoms with Gasteiger partial charge in [-0.25, -0.2) is 0 Å². The molecule has 1 aromatic heterocycles. The SMILES string of the molecule is c1ccc(-c2ccc(N(c3ccccc3)c3cccc(-c4cccc5oc6c7ccccc7ccc6c45)c3)cc2)cc1. The number of benzene rings is 7. The molecule has 0 radical (unpaired) electrons. The monoisotopic (exact) mass is 537 g/mol. The van der Waals surface area contributed by atoms with E-state index in [1.165, 1.54) is 16.5 Å². The lowest BCUT2D eigenvalue weighted by Crippen LogP contribution is -2.09. The van der Waals surface area contributed by atoms with Crippen LogP contribution in [0.2, 0.25) is 0 Å². The summed E-state index contributed by atoms with van der Waals surface area (Å²) in [4.78, 5) is 2.32. The smallest absolute Gasteiger partial charge is 0.143 e. The maximum atomic E-state index is 6.48. The zero-order chi connectivity index (χ0) is 27.9. The fraction of sp³-hybridized carbons (Fsp3) is 0. The molecule has 8 aromatic rings. The van der Waals surface area contributed by atoms with Gasteiger partial charge in [-0.1, -0.05) is 115 Å². The highest BCUT2D eigenvalue weighted by Gasteiger charge is 2.17. The lowest BCUT2D eigenvalue weighted by Gasteiger charge is -2.26. The third kappa shape index (κ3) is 4.13. The summed E-state index contributed by atoms with van der Waals surface area (Å²) in [6.07, 6.45) is 0. The molecule has 7 aromatic carbocycles. The summed E-state index contributed by atoms with van der Waals surface area (Å²) in [6, 6.07) is 57.9. The minimum Gasteiger partial charge on any atom is -0.455 e. The first-order valence-electron chi connectivity index (χ1n) is 14.3. The summed E-state index contributed by atoms with van der Waals surface area (Å²) in [6.45, 7) is 0. The van der Waals surface area contributed by atoms with E-state index in [4.69, 9.17) is 4.42 Å². The van der Waals surface area contributed by atoms with E-state index in [0.717, 1.165) is 55.5 Å². The van der Waals surface area contributed by atoms with Crippen molar-refractivity contribution in [2.24, 2.45) is 0 Å². The average Bonchev–Trinajstić information content (AvgIpc) is 3.46. The first-order valence-corrected chi connectivity index (χ1v) is 14.3. The molecule has 0 saturated carbocycles. The lowest BCUT2D eigenvalue weighted by molar-refractivity contribution is 0.673. The fourth-order valence-corrected chi connectivity index (χ4v) is 6.06. The fourth-order valence-electron chi connectivity index (χ4n) is 6.06. The molecular formula is C40H27NO. The van der Waals surface area contributed by atoms with E-state index in [9.17, 15) is 0 Å². The van der Waals surface area contributed by atoms with Crippen LogP contribution in [0.4, 0.5) is 17.1 Å². The van der Waals surface area contributed by atoms with Gasteiger partial charge in [0.15, 0.2) is 0 Å². The zero-order valence-corrected chi connectivity index (χ0v) is 22.9. The third-order valence-electron chi connectivity index (χ3n) is 8.05. The van der Waals surface area contributed by atoms with Crippen molar-refractivity contribution in [3.63, 3.8) is 0 Å². The van der Waals surface area contributed by atoms with E-state index in [2.05, 4.69) is 169 Å². The van der Waals surface area contributed by atoms with E-state index in [-0.39, 0.29) is 0 Å². The van der Waals surface area contributed by atoms with Gasteiger partial charge in [-0.05, 0) is 76.2 Å². The zero-order valence-electron chi connectivity index (χ0n) is 22.9. The maximum Gasteiger partial charge on any atom is 0.143 e. The van der Waals surface area contributed by atoms with Crippen LogP contribution in [0.25, 0.3) is 55.0 Å². The van der Waals surface area contributed by atoms with Crippen LogP contribution >= 0.6 is 0 Å². The lowest BCUT2D eigenvalue weighted by atomic mass is 9.97. The summed E-state index contributed by atoms with van der Waals surface area (Å²) in [5, 5.41) is 4.61. The van der Waals surface area contributed by atoms with Gasteiger partial charge in [0.1, 0.15) is 11.2 Å². The molecule has 42 heavy (non-hydrogen) atoms. The largest absolute Gasteiger partial charge is 0.455 e. The molecule has 8 rings (SSSR count). The Labute approximate surface area is 244 Å². The van der Waals surface area contributed by atoms with Crippen LogP contribution in [0.3, 0.4) is 0 Å². The third-order valence-corrected chi connectivity index (χ3v) is 8.05. The van der Waals surface area contributed by atoms with E-state index >= 15 is 0 Å². The highest BCUT2D eigenvalue weighted by Crippen LogP contribution is 2.42. The minimum absolute atomic E-state index is 0.903. The molecule has 0 aliphatic rings. The van der Waals surface area contributed by atoms with Crippen LogP contribution in [0, 0.1) is 0 Å². The van der Waals surface area contributed by atoms with Crippen molar-refractivity contribution in [3.05, 3.63) is 164 Å². The Kier molecular flexibility index (Phi) is 5.82. The summed E-state index contributed by atoms with van der Waals surface area (Å²) in [7, 11) is 0. The van der Waals surface area contributed by atoms with Crippen molar-refractivity contribution in [3.8, 4) is 22.3 Å². The molecule has 0 amide bonds. The molecule has 0 unspecified atom stereocenters. The Bertz CT molecular complexity index is 2180. The molecular weight excluding hydrogens is 510 g/mol. The molecule has 0 aliphatic heterocycles. The Morgan fingerprint density at radius 3 is 1.88 bits per heavy atom. The minimum atomic E-state index is 0.903. The predicted octanol–water partition coefficient (Wildman–Crippen LogP) is 11.5. The maximum absolute atomic E-state index is 6.48. The Balaban J connectivity index is 1.27. The second-order valence-corrected chi connectivity index (χ2v) is 10.6. The van der Waals surface area contributed by atoms with E-state index < -0.39 is 0 Å². The van der Waals surface area contributed by atoms with Crippen molar-refractivity contribution in [2.75, 3.05) is 4.90 Å². The molecule has 0 aliphatic carbocycles. The summed E-state index contributed by atoms with van der Waals surface area (Å²) in [5.74, 6) is 0. The number of hydrogen-bond acceptors (Lipinski definition) is 2. The Morgan fingerprint density at radius 1 is 0.405 bits per heavy atom. The quantitative estimate of drug-likeness (QED) is 0.217. The van der Waals surface area contributed by atoms with Crippen LogP contribution < -0.4 is 4.90 Å². The molecule has 0 spiro atoms. The first-order chi connectivity index (χ1) is 20.8. The van der Waals surface area contributed by atoms with Crippen LogP contribution in [-0.4, -0.2) is 0 Å². The Morgan fingerprint density at radius 2 is 1.05 bits per heavy atom. The van der Waals surface area contributed by atoms with Gasteiger partial charge in [0.05, 0.1) is 0 Å². The molecule has 0 N–H and O–H groups in total. The second kappa shape index (κ2) is 10.1. The predicted molar refractivity (Wildman–Crippen MR) is 177 cm³/mol. The van der Waals surface area contributed by atoms with Gasteiger partial charge in [-0.2, -0.15) is 0 Å². The highest BCUT2D eigenvalue weighted by molar-refractivity contribution is 6.19. The van der Waals surface area contributed by atoms with Crippen molar-refractivity contribution < 1.29 is 4.42 Å². The number of anilines is 3. The van der Waals surface area contributed by atoms with Gasteiger partial charge in [-0.15, -0.1) is 0 Å². The Hall–Kier alpha value is -5.60. The highest BCUT2D eigenvalue weighted by atomic mass is 16.3. The summed E-state index contributed by atoms with van der Waals surface area (Å²) < 4.78 is 6.48. The van der Waals surface area contributed by atoms with Crippen LogP contribution in [0.5, 0.6) is 0 Å². The summed E-state index contributed by atoms with van der Waals surface area (Å²) >= 11 is 0. The van der Waals surface area contributed by atoms with E-state index in [1.807, 2.05) is 0 Å². The topological polar surface area (TPSA) is 16.4 Å². The first kappa shape index (κ1) is 24.2. The van der Waals surface area contributed by atoms with Crippen molar-refractivity contribution in [1.29, 1.82) is 0 Å².